The van der Waals surface area contributed by atoms with Crippen LogP contribution in [-0.2, 0) is 9.59 Å². The number of phenolic OH excluding ortho intramolecular Hbond substituents is 1. The van der Waals surface area contributed by atoms with Gasteiger partial charge in [0.15, 0.2) is 11.5 Å². The summed E-state index contributed by atoms with van der Waals surface area (Å²) in [5.74, 6) is -2.93. The number of carbonyl (C=O) groups excluding carboxylic acids is 1. The number of benzene rings is 1. The van der Waals surface area contributed by atoms with Crippen molar-refractivity contribution in [3.8, 4) is 11.5 Å². The van der Waals surface area contributed by atoms with E-state index in [2.05, 4.69) is 0 Å². The number of fused-ring (bicyclic) bond motifs is 1. The zero-order valence-corrected chi connectivity index (χ0v) is 12.3. The molecule has 3 rings (SSSR count). The number of phenols is 1. The number of carbonyl (C=O) groups is 3. The molecule has 8 heteroatoms. The highest BCUT2D eigenvalue weighted by atomic mass is 16.5. The molecular weight excluding hydrogens is 306 g/mol. The lowest BCUT2D eigenvalue weighted by molar-refractivity contribution is -0.151. The number of amides is 1. The van der Waals surface area contributed by atoms with Crippen molar-refractivity contribution in [2.24, 2.45) is 10.8 Å². The molecule has 23 heavy (non-hydrogen) atoms. The van der Waals surface area contributed by atoms with Crippen LogP contribution in [0, 0.1) is 10.8 Å². The summed E-state index contributed by atoms with van der Waals surface area (Å²) in [5.41, 5.74) is -2.68. The van der Waals surface area contributed by atoms with Gasteiger partial charge in [0.05, 0.1) is 7.11 Å². The molecule has 2 atom stereocenters. The Morgan fingerprint density at radius 2 is 1.70 bits per heavy atom. The van der Waals surface area contributed by atoms with E-state index in [1.807, 2.05) is 0 Å². The second-order valence-corrected chi connectivity index (χ2v) is 6.00. The van der Waals surface area contributed by atoms with Crippen molar-refractivity contribution in [3.05, 3.63) is 23.8 Å². The van der Waals surface area contributed by atoms with E-state index in [4.69, 9.17) is 4.74 Å². The van der Waals surface area contributed by atoms with Crippen molar-refractivity contribution in [1.82, 2.24) is 4.90 Å². The molecule has 0 spiro atoms. The maximum Gasteiger partial charge on any atom is 0.312 e. The molecule has 122 valence electrons. The summed E-state index contributed by atoms with van der Waals surface area (Å²) in [6, 6.07) is 4.07. The van der Waals surface area contributed by atoms with Gasteiger partial charge < -0.3 is 25.0 Å². The average molecular weight is 321 g/mol. The Morgan fingerprint density at radius 1 is 1.13 bits per heavy atom. The van der Waals surface area contributed by atoms with E-state index in [0.29, 0.717) is 0 Å². The van der Waals surface area contributed by atoms with Crippen LogP contribution in [0.25, 0.3) is 0 Å². The normalized spacial score (nSPS) is 28.1. The van der Waals surface area contributed by atoms with Gasteiger partial charge in [0.25, 0.3) is 5.91 Å². The summed E-state index contributed by atoms with van der Waals surface area (Å²) in [4.78, 5) is 36.6. The minimum absolute atomic E-state index is 0.0301. The number of aromatic hydroxyl groups is 1. The highest BCUT2D eigenvalue weighted by Gasteiger charge is 2.81. The van der Waals surface area contributed by atoms with E-state index in [9.17, 15) is 29.7 Å². The number of likely N-dealkylation sites (tertiary alicyclic amines) is 1. The van der Waals surface area contributed by atoms with Gasteiger partial charge in [-0.05, 0) is 24.6 Å². The Morgan fingerprint density at radius 3 is 2.13 bits per heavy atom. The number of hydrogen-bond donors (Lipinski definition) is 3. The Kier molecular flexibility index (Phi) is 3.03. The number of hydrogen-bond acceptors (Lipinski definition) is 5. The molecule has 8 nitrogen and oxygen atoms in total. The van der Waals surface area contributed by atoms with Gasteiger partial charge in [-0.15, -0.1) is 0 Å². The summed E-state index contributed by atoms with van der Waals surface area (Å²) in [6.07, 6.45) is 0.0301. The van der Waals surface area contributed by atoms with Crippen molar-refractivity contribution in [2.75, 3.05) is 20.2 Å². The van der Waals surface area contributed by atoms with E-state index in [0.717, 1.165) is 0 Å². The fraction of sp³-hybridized carbons (Fsp3) is 0.400. The van der Waals surface area contributed by atoms with Crippen LogP contribution in [0.2, 0.25) is 0 Å². The maximum atomic E-state index is 12.5. The van der Waals surface area contributed by atoms with Crippen molar-refractivity contribution in [3.63, 3.8) is 0 Å². The van der Waals surface area contributed by atoms with Crippen LogP contribution in [-0.4, -0.2) is 58.3 Å². The highest BCUT2D eigenvalue weighted by Crippen LogP contribution is 2.68. The van der Waals surface area contributed by atoms with Crippen LogP contribution >= 0.6 is 0 Å². The van der Waals surface area contributed by atoms with Gasteiger partial charge in [0, 0.05) is 18.7 Å². The van der Waals surface area contributed by atoms with Gasteiger partial charge in [-0.1, -0.05) is 0 Å². The molecule has 0 bridgehead atoms. The van der Waals surface area contributed by atoms with Gasteiger partial charge >= 0.3 is 11.9 Å². The third-order valence-corrected chi connectivity index (χ3v) is 4.85. The number of carboxylic acid groups (broad SMARTS) is 2. The molecule has 1 amide bonds. The average Bonchev–Trinajstić information content (AvgIpc) is 3.05. The molecule has 3 N–H and O–H groups in total. The van der Waals surface area contributed by atoms with E-state index >= 15 is 0 Å². The minimum Gasteiger partial charge on any atom is -0.504 e. The molecule has 0 unspecified atom stereocenters. The van der Waals surface area contributed by atoms with Gasteiger partial charge in [-0.2, -0.15) is 0 Å². The number of nitrogens with zero attached hydrogens (tertiary/aromatic N) is 1. The van der Waals surface area contributed by atoms with Crippen molar-refractivity contribution >= 4 is 17.8 Å². The van der Waals surface area contributed by atoms with Gasteiger partial charge in [-0.3, -0.25) is 14.4 Å². The summed E-state index contributed by atoms with van der Waals surface area (Å²) in [6.45, 7) is -0.305. The van der Waals surface area contributed by atoms with Crippen LogP contribution in [0.4, 0.5) is 0 Å². The van der Waals surface area contributed by atoms with Crippen LogP contribution in [0.1, 0.15) is 16.8 Å². The molecule has 1 saturated heterocycles. The largest absolute Gasteiger partial charge is 0.504 e. The first-order valence-corrected chi connectivity index (χ1v) is 6.90. The Balaban J connectivity index is 1.87. The van der Waals surface area contributed by atoms with Crippen LogP contribution < -0.4 is 4.74 Å². The van der Waals surface area contributed by atoms with Gasteiger partial charge in [-0.25, -0.2) is 0 Å². The fourth-order valence-corrected chi connectivity index (χ4v) is 3.44. The molecule has 0 aromatic heterocycles. The third kappa shape index (κ3) is 1.87. The SMILES string of the molecule is COc1ccc(C(=O)N2C[C@@]3(C(=O)O)C[C@@]3(C(=O)O)C2)cc1O. The molecule has 0 radical (unpaired) electrons. The van der Waals surface area contributed by atoms with E-state index < -0.39 is 28.7 Å². The summed E-state index contributed by atoms with van der Waals surface area (Å²) >= 11 is 0. The summed E-state index contributed by atoms with van der Waals surface area (Å²) in [5, 5.41) is 28.4. The smallest absolute Gasteiger partial charge is 0.312 e. The summed E-state index contributed by atoms with van der Waals surface area (Å²) in [7, 11) is 1.37. The predicted molar refractivity (Wildman–Crippen MR) is 75.3 cm³/mol. The lowest BCUT2D eigenvalue weighted by atomic mass is 9.97. The predicted octanol–water partition coefficient (Wildman–Crippen LogP) is 0.402. The highest BCUT2D eigenvalue weighted by molar-refractivity contribution is 6.00. The molecule has 1 aliphatic carbocycles. The van der Waals surface area contributed by atoms with Crippen LogP contribution in [0.5, 0.6) is 11.5 Å². The Hall–Kier alpha value is -2.77. The van der Waals surface area contributed by atoms with E-state index in [1.165, 1.54) is 30.2 Å². The molecule has 1 heterocycles. The number of rotatable bonds is 4. The fourth-order valence-electron chi connectivity index (χ4n) is 3.44. The molecular formula is C15H15NO7. The topological polar surface area (TPSA) is 124 Å². The standard InChI is InChI=1S/C15H15NO7/c1-23-10-3-2-8(4-9(10)17)11(18)16-6-14(12(19)20)5-15(14,7-16)13(21)22/h2-4,17H,5-7H2,1H3,(H,19,20)(H,21,22)/t14-,15+. The van der Waals surface area contributed by atoms with Crippen molar-refractivity contribution in [2.45, 2.75) is 6.42 Å². The first kappa shape index (κ1) is 15.1. The first-order valence-electron chi connectivity index (χ1n) is 6.90. The Labute approximate surface area is 130 Å². The van der Waals surface area contributed by atoms with Crippen molar-refractivity contribution < 1.29 is 34.4 Å². The van der Waals surface area contributed by atoms with Crippen LogP contribution in [0.15, 0.2) is 18.2 Å². The van der Waals surface area contributed by atoms with Crippen molar-refractivity contribution in [1.29, 1.82) is 0 Å². The molecule has 1 aromatic carbocycles. The molecule has 1 aliphatic heterocycles. The molecule has 2 aliphatic rings. The first-order chi connectivity index (χ1) is 10.8. The third-order valence-electron chi connectivity index (χ3n) is 4.85. The minimum atomic E-state index is -1.41. The number of carboxylic acids is 2. The number of aliphatic carboxylic acids is 2. The number of methoxy groups -OCH3 is 1. The zero-order valence-electron chi connectivity index (χ0n) is 12.3. The zero-order chi connectivity index (χ0) is 17.0. The van der Waals surface area contributed by atoms with Crippen LogP contribution in [0.3, 0.4) is 0 Å². The number of ether oxygens (including phenoxy) is 1. The lowest BCUT2D eigenvalue weighted by Gasteiger charge is -2.20. The number of piperidine rings is 1. The maximum absolute atomic E-state index is 12.5. The quantitative estimate of drug-likeness (QED) is 0.733. The van der Waals surface area contributed by atoms with Gasteiger partial charge in [0.2, 0.25) is 0 Å². The second kappa shape index (κ2) is 4.61. The van der Waals surface area contributed by atoms with Gasteiger partial charge in [0.1, 0.15) is 10.8 Å². The summed E-state index contributed by atoms with van der Waals surface area (Å²) < 4.78 is 4.89. The molecule has 1 saturated carbocycles. The lowest BCUT2D eigenvalue weighted by Crippen LogP contribution is -2.34. The van der Waals surface area contributed by atoms with E-state index in [-0.39, 0.29) is 36.6 Å². The van der Waals surface area contributed by atoms with E-state index in [1.54, 1.807) is 0 Å². The molecule has 2 fully saturated rings. The Bertz CT molecular complexity index is 703. The second-order valence-electron chi connectivity index (χ2n) is 6.00. The monoisotopic (exact) mass is 321 g/mol. The molecule has 1 aromatic rings.